The average Bonchev–Trinajstić information content (AvgIpc) is 2.65. The Kier molecular flexibility index (Phi) is 7.25. The van der Waals surface area contributed by atoms with Crippen LogP contribution in [0.5, 0.6) is 5.75 Å². The fourth-order valence-corrected chi connectivity index (χ4v) is 4.61. The van der Waals surface area contributed by atoms with Gasteiger partial charge in [-0.25, -0.2) is 12.7 Å². The molecule has 0 saturated carbocycles. The van der Waals surface area contributed by atoms with Crippen LogP contribution >= 0.6 is 0 Å². The quantitative estimate of drug-likeness (QED) is 0.763. The van der Waals surface area contributed by atoms with E-state index in [1.165, 1.54) is 4.31 Å². The number of amides is 1. The lowest BCUT2D eigenvalue weighted by Crippen LogP contribution is -2.43. The normalized spacial score (nSPS) is 16.6. The molecule has 0 aliphatic carbocycles. The van der Waals surface area contributed by atoms with Gasteiger partial charge >= 0.3 is 0 Å². The molecule has 1 aliphatic heterocycles. The van der Waals surface area contributed by atoms with E-state index in [4.69, 9.17) is 4.74 Å². The second kappa shape index (κ2) is 9.20. The van der Waals surface area contributed by atoms with E-state index in [2.05, 4.69) is 5.32 Å². The molecule has 1 aromatic carbocycles. The number of carbonyl (C=O) groups is 1. The highest BCUT2D eigenvalue weighted by Crippen LogP contribution is 2.21. The van der Waals surface area contributed by atoms with Gasteiger partial charge in [0.15, 0.2) is 0 Å². The third-order valence-corrected chi connectivity index (χ3v) is 6.56. The maximum atomic E-state index is 12.3. The van der Waals surface area contributed by atoms with Crippen molar-refractivity contribution in [3.63, 3.8) is 0 Å². The Balaban J connectivity index is 1.78. The van der Waals surface area contributed by atoms with E-state index < -0.39 is 10.0 Å². The molecule has 1 amide bonds. The Hall–Kier alpha value is -1.60. The molecule has 0 unspecified atom stereocenters. The van der Waals surface area contributed by atoms with Gasteiger partial charge in [-0.3, -0.25) is 4.79 Å². The van der Waals surface area contributed by atoms with Crippen molar-refractivity contribution < 1.29 is 17.9 Å². The number of unbranched alkanes of at least 4 members (excludes halogenated alkanes) is 1. The monoisotopic (exact) mass is 368 g/mol. The molecule has 25 heavy (non-hydrogen) atoms. The van der Waals surface area contributed by atoms with Crippen molar-refractivity contribution in [1.82, 2.24) is 9.62 Å². The van der Waals surface area contributed by atoms with Crippen LogP contribution in [0.4, 0.5) is 0 Å². The molecule has 1 aliphatic rings. The summed E-state index contributed by atoms with van der Waals surface area (Å²) in [6.45, 7) is 3.33. The van der Waals surface area contributed by atoms with Crippen molar-refractivity contribution in [3.05, 3.63) is 29.8 Å². The van der Waals surface area contributed by atoms with Crippen LogP contribution in [0, 0.1) is 5.92 Å². The number of benzene rings is 1. The topological polar surface area (TPSA) is 75.7 Å². The molecule has 2 rings (SSSR count). The standard InChI is InChI=1S/C18H28N2O4S/c1-3-4-13-25(22,23)20-11-9-16(10-12-20)18(21)19-14-15-5-7-17(24-2)8-6-15/h5-8,16H,3-4,9-14H2,1-2H3,(H,19,21). The molecule has 0 atom stereocenters. The van der Waals surface area contributed by atoms with Gasteiger partial charge < -0.3 is 10.1 Å². The number of sulfonamides is 1. The molecule has 140 valence electrons. The Bertz CT molecular complexity index is 650. The summed E-state index contributed by atoms with van der Waals surface area (Å²) in [7, 11) is -1.55. The zero-order valence-corrected chi connectivity index (χ0v) is 15.8. The van der Waals surface area contributed by atoms with E-state index >= 15 is 0 Å². The second-order valence-corrected chi connectivity index (χ2v) is 8.50. The van der Waals surface area contributed by atoms with Crippen molar-refractivity contribution in [3.8, 4) is 5.75 Å². The number of methoxy groups -OCH3 is 1. The Morgan fingerprint density at radius 1 is 1.24 bits per heavy atom. The highest BCUT2D eigenvalue weighted by Gasteiger charge is 2.30. The molecule has 7 heteroatoms. The maximum Gasteiger partial charge on any atom is 0.223 e. The zero-order chi connectivity index (χ0) is 18.3. The highest BCUT2D eigenvalue weighted by molar-refractivity contribution is 7.89. The van der Waals surface area contributed by atoms with Crippen LogP contribution in [0.2, 0.25) is 0 Å². The fourth-order valence-electron chi connectivity index (χ4n) is 2.93. The lowest BCUT2D eigenvalue weighted by Gasteiger charge is -2.30. The van der Waals surface area contributed by atoms with E-state index in [9.17, 15) is 13.2 Å². The summed E-state index contributed by atoms with van der Waals surface area (Å²) >= 11 is 0. The Morgan fingerprint density at radius 2 is 1.88 bits per heavy atom. The summed E-state index contributed by atoms with van der Waals surface area (Å²) in [4.78, 5) is 12.3. The molecule has 1 N–H and O–H groups in total. The minimum atomic E-state index is -3.17. The van der Waals surface area contributed by atoms with Crippen LogP contribution in [0.15, 0.2) is 24.3 Å². The predicted molar refractivity (Wildman–Crippen MR) is 97.8 cm³/mol. The first-order valence-electron chi connectivity index (χ1n) is 8.84. The molecular weight excluding hydrogens is 340 g/mol. The zero-order valence-electron chi connectivity index (χ0n) is 15.0. The highest BCUT2D eigenvalue weighted by atomic mass is 32.2. The molecule has 1 heterocycles. The molecule has 1 aromatic rings. The predicted octanol–water partition coefficient (Wildman–Crippen LogP) is 2.15. The minimum Gasteiger partial charge on any atom is -0.497 e. The average molecular weight is 368 g/mol. The molecule has 0 bridgehead atoms. The van der Waals surface area contributed by atoms with Gasteiger partial charge in [0.1, 0.15) is 5.75 Å². The molecular formula is C18H28N2O4S. The number of carbonyl (C=O) groups excluding carboxylic acids is 1. The summed E-state index contributed by atoms with van der Waals surface area (Å²) in [5, 5.41) is 2.95. The van der Waals surface area contributed by atoms with Crippen LogP contribution in [0.25, 0.3) is 0 Å². The first kappa shape index (κ1) is 19.7. The van der Waals surface area contributed by atoms with Crippen molar-refractivity contribution in [2.24, 2.45) is 5.92 Å². The Labute approximate surface area is 150 Å². The van der Waals surface area contributed by atoms with Crippen LogP contribution in [0.1, 0.15) is 38.2 Å². The number of nitrogens with zero attached hydrogens (tertiary/aromatic N) is 1. The summed E-state index contributed by atoms with van der Waals surface area (Å²) < 4.78 is 31.0. The van der Waals surface area contributed by atoms with Crippen LogP contribution in [-0.4, -0.2) is 44.6 Å². The Morgan fingerprint density at radius 3 is 2.44 bits per heavy atom. The van der Waals surface area contributed by atoms with Gasteiger partial charge in [0.25, 0.3) is 0 Å². The second-order valence-electron chi connectivity index (χ2n) is 6.41. The van der Waals surface area contributed by atoms with Gasteiger partial charge in [0, 0.05) is 25.6 Å². The summed E-state index contributed by atoms with van der Waals surface area (Å²) in [5.41, 5.74) is 1.01. The van der Waals surface area contributed by atoms with E-state index in [0.29, 0.717) is 38.9 Å². The van der Waals surface area contributed by atoms with Gasteiger partial charge in [-0.05, 0) is 37.0 Å². The maximum absolute atomic E-state index is 12.3. The van der Waals surface area contributed by atoms with E-state index in [-0.39, 0.29) is 17.6 Å². The number of hydrogen-bond donors (Lipinski definition) is 1. The number of nitrogens with one attached hydrogen (secondary N) is 1. The van der Waals surface area contributed by atoms with Gasteiger partial charge in [0.2, 0.25) is 15.9 Å². The van der Waals surface area contributed by atoms with Crippen LogP contribution in [-0.2, 0) is 21.4 Å². The van der Waals surface area contributed by atoms with Crippen molar-refractivity contribution in [1.29, 1.82) is 0 Å². The van der Waals surface area contributed by atoms with Gasteiger partial charge in [-0.2, -0.15) is 0 Å². The molecule has 0 aromatic heterocycles. The third kappa shape index (κ3) is 5.71. The van der Waals surface area contributed by atoms with Gasteiger partial charge in [-0.1, -0.05) is 25.5 Å². The van der Waals surface area contributed by atoms with Crippen molar-refractivity contribution >= 4 is 15.9 Å². The summed E-state index contributed by atoms with van der Waals surface area (Å²) in [6, 6.07) is 7.56. The molecule has 1 saturated heterocycles. The summed E-state index contributed by atoms with van der Waals surface area (Å²) in [6.07, 6.45) is 2.72. The fraction of sp³-hybridized carbons (Fsp3) is 0.611. The lowest BCUT2D eigenvalue weighted by molar-refractivity contribution is -0.126. The van der Waals surface area contributed by atoms with Crippen molar-refractivity contribution in [2.75, 3.05) is 26.0 Å². The minimum absolute atomic E-state index is 0.00132. The molecule has 0 radical (unpaired) electrons. The molecule has 6 nitrogen and oxygen atoms in total. The third-order valence-electron chi connectivity index (χ3n) is 4.60. The number of rotatable bonds is 8. The number of ether oxygens (including phenoxy) is 1. The van der Waals surface area contributed by atoms with Gasteiger partial charge in [0.05, 0.1) is 12.9 Å². The van der Waals surface area contributed by atoms with E-state index in [0.717, 1.165) is 17.7 Å². The smallest absolute Gasteiger partial charge is 0.223 e. The van der Waals surface area contributed by atoms with Crippen LogP contribution < -0.4 is 10.1 Å². The largest absolute Gasteiger partial charge is 0.497 e. The van der Waals surface area contributed by atoms with Crippen molar-refractivity contribution in [2.45, 2.75) is 39.2 Å². The molecule has 0 spiro atoms. The molecule has 1 fully saturated rings. The van der Waals surface area contributed by atoms with Gasteiger partial charge in [-0.15, -0.1) is 0 Å². The first-order valence-corrected chi connectivity index (χ1v) is 10.5. The lowest BCUT2D eigenvalue weighted by atomic mass is 9.97. The number of hydrogen-bond acceptors (Lipinski definition) is 4. The van der Waals surface area contributed by atoms with Crippen LogP contribution in [0.3, 0.4) is 0 Å². The summed E-state index contributed by atoms with van der Waals surface area (Å²) in [5.74, 6) is 0.877. The van der Waals surface area contributed by atoms with E-state index in [1.807, 2.05) is 31.2 Å². The first-order chi connectivity index (χ1) is 12.0. The SMILES string of the molecule is CCCCS(=O)(=O)N1CCC(C(=O)NCc2ccc(OC)cc2)CC1. The van der Waals surface area contributed by atoms with E-state index in [1.54, 1.807) is 7.11 Å². The number of piperidine rings is 1.